The topological polar surface area (TPSA) is 121 Å². The molecule has 0 unspecified atom stereocenters. The number of nitrogens with zero attached hydrogens (tertiary/aromatic N) is 12. The quantitative estimate of drug-likeness (QED) is 0.161. The second-order valence-corrected chi connectivity index (χ2v) is 23.4. The molecule has 98 heavy (non-hydrogen) atoms. The van der Waals surface area contributed by atoms with Gasteiger partial charge in [-0.2, -0.15) is 0 Å². The van der Waals surface area contributed by atoms with Gasteiger partial charge >= 0.3 is 0 Å². The lowest BCUT2D eigenvalue weighted by molar-refractivity contribution is 1.06. The standard InChI is InChI=1S/2C16H13N.2C14H12N2.2C13H11N3/c1-12-16(13-7-3-2-4-8-13)15-10-6-5-9-14(15)11-17-12;1-12-15-10-6-5-9-14(15)11-17-16(12)13-7-3-2-4-8-13;1-11-14(12-7-3-2-4-8-12)15-13-9-5-6-10-16(11)13;1-11-14(12-7-3-2-4-8-12)16-10-6-5-9-13(16)15-11;1-10-12(11-6-3-2-4-7-11)15-13-14-8-5-9-16(10)13;1-10-12(11-6-3-2-4-7-11)16-9-5-8-14-13(16)15-10/h2*2-11H,1H3;2*2-10H,1H3;2*2-9H,1H3. The van der Waals surface area contributed by atoms with Crippen molar-refractivity contribution in [1.29, 1.82) is 0 Å². The molecule has 12 nitrogen and oxygen atoms in total. The zero-order valence-electron chi connectivity index (χ0n) is 55.5. The average Bonchev–Trinajstić information content (AvgIpc) is 1.62. The van der Waals surface area contributed by atoms with Crippen LogP contribution in [0.1, 0.15) is 34.0 Å². The minimum atomic E-state index is 0.749. The molecular weight excluding hydrogens is 1200 g/mol. The summed E-state index contributed by atoms with van der Waals surface area (Å²) in [6, 6.07) is 94.6. The predicted molar refractivity (Wildman–Crippen MR) is 401 cm³/mol. The van der Waals surface area contributed by atoms with E-state index >= 15 is 0 Å². The lowest BCUT2D eigenvalue weighted by Crippen LogP contribution is -1.89. The van der Waals surface area contributed by atoms with E-state index in [9.17, 15) is 0 Å². The van der Waals surface area contributed by atoms with Crippen LogP contribution in [0.15, 0.2) is 329 Å². The van der Waals surface area contributed by atoms with E-state index in [4.69, 9.17) is 0 Å². The first-order chi connectivity index (χ1) is 48.2. The Bertz CT molecular complexity index is 5390. The minimum Gasteiger partial charge on any atom is -0.304 e. The second kappa shape index (κ2) is 30.1. The summed E-state index contributed by atoms with van der Waals surface area (Å²) in [7, 11) is 0. The third kappa shape index (κ3) is 14.2. The summed E-state index contributed by atoms with van der Waals surface area (Å²) >= 11 is 0. The summed E-state index contributed by atoms with van der Waals surface area (Å²) in [5.41, 5.74) is 22.4. The van der Waals surface area contributed by atoms with Gasteiger partial charge in [0.2, 0.25) is 11.6 Å². The van der Waals surface area contributed by atoms with Gasteiger partial charge in [-0.25, -0.2) is 29.9 Å². The van der Waals surface area contributed by atoms with Crippen LogP contribution in [0.4, 0.5) is 0 Å². The Morgan fingerprint density at radius 2 is 0.643 bits per heavy atom. The summed E-state index contributed by atoms with van der Waals surface area (Å²) < 4.78 is 8.26. The van der Waals surface area contributed by atoms with E-state index in [0.29, 0.717) is 0 Å². The first kappa shape index (κ1) is 63.9. The summed E-state index contributed by atoms with van der Waals surface area (Å²) in [5.74, 6) is 1.50. The van der Waals surface area contributed by atoms with E-state index in [1.807, 2.05) is 192 Å². The normalized spacial score (nSPS) is 10.8. The summed E-state index contributed by atoms with van der Waals surface area (Å²) in [4.78, 5) is 35.7. The molecule has 0 radical (unpaired) electrons. The summed E-state index contributed by atoms with van der Waals surface area (Å²) in [6.07, 6.45) is 15.5. The van der Waals surface area contributed by atoms with Crippen LogP contribution in [0.5, 0.6) is 0 Å². The molecule has 0 bridgehead atoms. The molecule has 0 amide bonds. The molecule has 476 valence electrons. The van der Waals surface area contributed by atoms with Crippen molar-refractivity contribution in [3.63, 3.8) is 0 Å². The fraction of sp³-hybridized carbons (Fsp3) is 0.0698. The molecule has 0 aliphatic carbocycles. The Hall–Kier alpha value is -12.8. The van der Waals surface area contributed by atoms with Gasteiger partial charge in [0.1, 0.15) is 11.3 Å². The lowest BCUT2D eigenvalue weighted by atomic mass is 9.98. The molecule has 0 fully saturated rings. The predicted octanol–water partition coefficient (Wildman–Crippen LogP) is 20.4. The SMILES string of the molecule is Cc1c(-c2ccccc2)nc2ccccn12.Cc1c(-c2ccccc2)nc2ncccn12.Cc1c(-c2ccccc2)ncc2ccccc12.Cc1nc2ccccn2c1-c1ccccc1.Cc1nc2ncccn2c1-c1ccccc1.Cc1ncc2ccccc2c1-c1ccccc1. The van der Waals surface area contributed by atoms with E-state index < -0.39 is 0 Å². The molecule has 0 N–H and O–H groups in total. The number of aromatic nitrogens is 12. The van der Waals surface area contributed by atoms with Gasteiger partial charge in [-0.05, 0) is 99.8 Å². The van der Waals surface area contributed by atoms with Gasteiger partial charge < -0.3 is 4.40 Å². The van der Waals surface area contributed by atoms with E-state index in [-0.39, 0.29) is 0 Å². The van der Waals surface area contributed by atoms with Crippen molar-refractivity contribution >= 4 is 44.4 Å². The van der Waals surface area contributed by atoms with E-state index in [1.165, 1.54) is 71.9 Å². The molecule has 18 aromatic rings. The number of aryl methyl sites for hydroxylation is 6. The molecule has 10 heterocycles. The minimum absolute atomic E-state index is 0.749. The van der Waals surface area contributed by atoms with Crippen molar-refractivity contribution in [1.82, 2.24) is 57.5 Å². The molecule has 0 saturated carbocycles. The van der Waals surface area contributed by atoms with Crippen molar-refractivity contribution in [2.24, 2.45) is 0 Å². The highest BCUT2D eigenvalue weighted by Gasteiger charge is 2.14. The van der Waals surface area contributed by atoms with Gasteiger partial charge in [0.15, 0.2) is 0 Å². The molecule has 0 spiro atoms. The van der Waals surface area contributed by atoms with E-state index in [2.05, 4.69) is 223 Å². The Kier molecular flexibility index (Phi) is 19.6. The van der Waals surface area contributed by atoms with Crippen molar-refractivity contribution < 1.29 is 0 Å². The fourth-order valence-corrected chi connectivity index (χ4v) is 12.3. The van der Waals surface area contributed by atoms with Crippen LogP contribution in [-0.2, 0) is 0 Å². The van der Waals surface area contributed by atoms with Crippen LogP contribution >= 0.6 is 0 Å². The van der Waals surface area contributed by atoms with Crippen molar-refractivity contribution in [2.45, 2.75) is 41.5 Å². The number of benzene rings is 8. The molecular formula is C86H72N12. The zero-order chi connectivity index (χ0) is 67.2. The maximum Gasteiger partial charge on any atom is 0.234 e. The maximum absolute atomic E-state index is 4.65. The highest BCUT2D eigenvalue weighted by molar-refractivity contribution is 5.97. The second-order valence-electron chi connectivity index (χ2n) is 23.4. The molecule has 0 atom stereocenters. The Morgan fingerprint density at radius 1 is 0.255 bits per heavy atom. The molecule has 18 rings (SSSR count). The maximum atomic E-state index is 4.65. The molecule has 8 aromatic carbocycles. The van der Waals surface area contributed by atoms with Crippen LogP contribution in [0.3, 0.4) is 0 Å². The number of fused-ring (bicyclic) bond motifs is 6. The lowest BCUT2D eigenvalue weighted by Gasteiger charge is -2.09. The van der Waals surface area contributed by atoms with Crippen LogP contribution < -0.4 is 0 Å². The van der Waals surface area contributed by atoms with Gasteiger partial charge in [0.05, 0.1) is 39.9 Å². The fourth-order valence-electron chi connectivity index (χ4n) is 12.3. The average molecular weight is 1270 g/mol. The smallest absolute Gasteiger partial charge is 0.234 e. The van der Waals surface area contributed by atoms with Crippen molar-refractivity contribution in [3.8, 4) is 67.4 Å². The monoisotopic (exact) mass is 1270 g/mol. The number of pyridine rings is 4. The van der Waals surface area contributed by atoms with Gasteiger partial charge in [-0.3, -0.25) is 23.2 Å². The third-order valence-corrected chi connectivity index (χ3v) is 17.0. The van der Waals surface area contributed by atoms with Gasteiger partial charge in [0, 0.05) is 111 Å². The Morgan fingerprint density at radius 3 is 1.19 bits per heavy atom. The van der Waals surface area contributed by atoms with Gasteiger partial charge in [-0.15, -0.1) is 0 Å². The van der Waals surface area contributed by atoms with Gasteiger partial charge in [-0.1, -0.05) is 243 Å². The number of hydrogen-bond acceptors (Lipinski definition) is 8. The summed E-state index contributed by atoms with van der Waals surface area (Å²) in [5, 5.41) is 4.94. The summed E-state index contributed by atoms with van der Waals surface area (Å²) in [6.45, 7) is 12.4. The highest BCUT2D eigenvalue weighted by Crippen LogP contribution is 2.32. The third-order valence-electron chi connectivity index (χ3n) is 17.0. The molecule has 10 aromatic heterocycles. The Balaban J connectivity index is 0.000000106. The van der Waals surface area contributed by atoms with Crippen LogP contribution in [0.2, 0.25) is 0 Å². The number of hydrogen-bond donors (Lipinski definition) is 0. The van der Waals surface area contributed by atoms with Crippen molar-refractivity contribution in [2.75, 3.05) is 0 Å². The van der Waals surface area contributed by atoms with Crippen molar-refractivity contribution in [3.05, 3.63) is 363 Å². The van der Waals surface area contributed by atoms with Gasteiger partial charge in [0.25, 0.3) is 0 Å². The molecule has 0 aliphatic heterocycles. The first-order valence-electron chi connectivity index (χ1n) is 32.6. The van der Waals surface area contributed by atoms with Crippen LogP contribution in [0.25, 0.3) is 112 Å². The van der Waals surface area contributed by atoms with Crippen LogP contribution in [-0.4, -0.2) is 57.5 Å². The van der Waals surface area contributed by atoms with Crippen LogP contribution in [0, 0.1) is 41.5 Å². The molecule has 0 aliphatic rings. The van der Waals surface area contributed by atoms with E-state index in [0.717, 1.165) is 74.0 Å². The molecule has 12 heteroatoms. The highest BCUT2D eigenvalue weighted by atomic mass is 15.1. The zero-order valence-corrected chi connectivity index (χ0v) is 55.5. The van der Waals surface area contributed by atoms with E-state index in [1.54, 1.807) is 12.4 Å². The number of rotatable bonds is 6. The number of imidazole rings is 4. The first-order valence-corrected chi connectivity index (χ1v) is 32.6. The largest absolute Gasteiger partial charge is 0.304 e. The Labute approximate surface area is 570 Å². The molecule has 0 saturated heterocycles.